The summed E-state index contributed by atoms with van der Waals surface area (Å²) in [5.74, 6) is 0.691. The Kier molecular flexibility index (Phi) is 4.94. The summed E-state index contributed by atoms with van der Waals surface area (Å²) < 4.78 is 29.5. The van der Waals surface area contributed by atoms with Gasteiger partial charge in [-0.25, -0.2) is 13.1 Å². The van der Waals surface area contributed by atoms with Crippen LogP contribution in [-0.4, -0.2) is 26.9 Å². The molecule has 7 rings (SSSR count). The molecule has 0 fully saturated rings. The molecule has 0 saturated heterocycles. The van der Waals surface area contributed by atoms with E-state index in [1.54, 1.807) is 30.0 Å². The third-order valence-electron chi connectivity index (χ3n) is 7.87. The highest BCUT2D eigenvalue weighted by molar-refractivity contribution is 7.89. The van der Waals surface area contributed by atoms with Crippen LogP contribution in [0.15, 0.2) is 71.6 Å². The second-order valence-corrected chi connectivity index (χ2v) is 11.6. The van der Waals surface area contributed by atoms with Crippen LogP contribution < -0.4 is 9.62 Å². The van der Waals surface area contributed by atoms with Gasteiger partial charge in [-0.15, -0.1) is 0 Å². The molecule has 0 spiro atoms. The molecule has 2 bridgehead atoms. The highest BCUT2D eigenvalue weighted by atomic mass is 32.2. The minimum Gasteiger partial charge on any atom is -0.309 e. The van der Waals surface area contributed by atoms with Crippen molar-refractivity contribution < 1.29 is 13.2 Å². The van der Waals surface area contributed by atoms with Gasteiger partial charge in [0.05, 0.1) is 4.90 Å². The molecule has 0 radical (unpaired) electrons. The smallest absolute Gasteiger partial charge is 0.240 e. The number of carbonyl (C=O) groups excluding carboxylic acids is 1. The Labute approximate surface area is 200 Å². The first-order valence-electron chi connectivity index (χ1n) is 11.9. The number of sulfonamides is 1. The Morgan fingerprint density at radius 2 is 1.59 bits per heavy atom. The van der Waals surface area contributed by atoms with E-state index in [0.29, 0.717) is 18.9 Å². The van der Waals surface area contributed by atoms with Crippen LogP contribution in [0.3, 0.4) is 0 Å². The van der Waals surface area contributed by atoms with E-state index in [9.17, 15) is 13.2 Å². The van der Waals surface area contributed by atoms with E-state index in [1.165, 1.54) is 22.3 Å². The summed E-state index contributed by atoms with van der Waals surface area (Å²) in [5.41, 5.74) is 7.15. The van der Waals surface area contributed by atoms with Crippen molar-refractivity contribution in [3.63, 3.8) is 0 Å². The van der Waals surface area contributed by atoms with E-state index in [0.717, 1.165) is 17.7 Å². The van der Waals surface area contributed by atoms with E-state index in [-0.39, 0.29) is 28.7 Å². The van der Waals surface area contributed by atoms with Crippen molar-refractivity contribution >= 4 is 21.6 Å². The number of amides is 1. The molecule has 4 aliphatic rings. The van der Waals surface area contributed by atoms with Crippen molar-refractivity contribution in [1.29, 1.82) is 0 Å². The Balaban J connectivity index is 1.27. The van der Waals surface area contributed by atoms with Gasteiger partial charge in [0.1, 0.15) is 0 Å². The average molecular weight is 473 g/mol. The Hall–Kier alpha value is -2.96. The fourth-order valence-corrected chi connectivity index (χ4v) is 7.66. The van der Waals surface area contributed by atoms with Gasteiger partial charge < -0.3 is 4.90 Å². The van der Waals surface area contributed by atoms with Crippen LogP contribution in [0.4, 0.5) is 5.69 Å². The van der Waals surface area contributed by atoms with Crippen molar-refractivity contribution in [2.75, 3.05) is 11.4 Å². The third kappa shape index (κ3) is 3.23. The van der Waals surface area contributed by atoms with Gasteiger partial charge in [0, 0.05) is 37.0 Å². The summed E-state index contributed by atoms with van der Waals surface area (Å²) in [6, 6.07) is 22.4. The van der Waals surface area contributed by atoms with Crippen molar-refractivity contribution in [3.8, 4) is 0 Å². The topological polar surface area (TPSA) is 66.5 Å². The largest absolute Gasteiger partial charge is 0.309 e. The molecule has 1 amide bonds. The first-order chi connectivity index (χ1) is 16.3. The average Bonchev–Trinajstić information content (AvgIpc) is 3.18. The van der Waals surface area contributed by atoms with Gasteiger partial charge in [0.2, 0.25) is 15.9 Å². The van der Waals surface area contributed by atoms with Gasteiger partial charge in [-0.05, 0) is 71.7 Å². The second kappa shape index (κ2) is 7.79. The fourth-order valence-electron chi connectivity index (χ4n) is 6.51. The predicted octanol–water partition coefficient (Wildman–Crippen LogP) is 4.56. The number of rotatable bonds is 4. The van der Waals surface area contributed by atoms with E-state index < -0.39 is 10.0 Å². The molecule has 2 atom stereocenters. The Bertz CT molecular complexity index is 1370. The first-order valence-corrected chi connectivity index (χ1v) is 13.4. The Morgan fingerprint density at radius 1 is 0.971 bits per heavy atom. The fraction of sp³-hybridized carbons (Fsp3) is 0.321. The predicted molar refractivity (Wildman–Crippen MR) is 133 cm³/mol. The van der Waals surface area contributed by atoms with Crippen LogP contribution in [0.25, 0.3) is 0 Å². The molecule has 3 aromatic rings. The van der Waals surface area contributed by atoms with Crippen molar-refractivity contribution in [2.45, 2.75) is 49.5 Å². The molecule has 34 heavy (non-hydrogen) atoms. The molecule has 1 aliphatic heterocycles. The molecule has 2 unspecified atom stereocenters. The molecule has 3 aliphatic carbocycles. The molecular weight excluding hydrogens is 444 g/mol. The van der Waals surface area contributed by atoms with Gasteiger partial charge in [-0.3, -0.25) is 4.79 Å². The van der Waals surface area contributed by atoms with Gasteiger partial charge >= 0.3 is 0 Å². The summed E-state index contributed by atoms with van der Waals surface area (Å²) in [4.78, 5) is 14.0. The van der Waals surface area contributed by atoms with Crippen LogP contribution in [0, 0.1) is 5.92 Å². The zero-order valence-electron chi connectivity index (χ0n) is 19.4. The van der Waals surface area contributed by atoms with Crippen LogP contribution in [-0.2, 0) is 21.2 Å². The molecule has 0 saturated carbocycles. The van der Waals surface area contributed by atoms with Crippen LogP contribution >= 0.6 is 0 Å². The summed E-state index contributed by atoms with van der Waals surface area (Å²) in [6.07, 6.45) is 1.61. The monoisotopic (exact) mass is 472 g/mol. The number of fused-ring (bicyclic) bond motifs is 2. The molecule has 1 N–H and O–H groups in total. The molecule has 6 heteroatoms. The standard InChI is InChI=1S/C28H28N2O3S/c1-17-13-19-14-21(11-12-27(19)30(17)18(2)31)34(32,33)29-16-20-15-26-22-7-3-5-9-24(22)28(20)25-10-6-4-8-23(25)26/h3-12,14,17,20,26,28-29H,13,15-16H2,1-2H3. The molecule has 0 aromatic heterocycles. The van der Waals surface area contributed by atoms with Crippen LogP contribution in [0.1, 0.15) is 59.9 Å². The van der Waals surface area contributed by atoms with Gasteiger partial charge in [0.25, 0.3) is 0 Å². The first kappa shape index (κ1) is 21.6. The Morgan fingerprint density at radius 3 is 2.21 bits per heavy atom. The highest BCUT2D eigenvalue weighted by Gasteiger charge is 2.43. The second-order valence-electron chi connectivity index (χ2n) is 9.87. The van der Waals surface area contributed by atoms with E-state index in [1.807, 2.05) is 6.92 Å². The number of hydrogen-bond acceptors (Lipinski definition) is 3. The van der Waals surface area contributed by atoms with E-state index in [2.05, 4.69) is 53.3 Å². The number of anilines is 1. The number of carbonyl (C=O) groups is 1. The van der Waals surface area contributed by atoms with Crippen molar-refractivity contribution in [2.24, 2.45) is 5.92 Å². The lowest BCUT2D eigenvalue weighted by Gasteiger charge is -2.45. The lowest BCUT2D eigenvalue weighted by atomic mass is 9.59. The lowest BCUT2D eigenvalue weighted by molar-refractivity contribution is -0.116. The minimum absolute atomic E-state index is 0.0205. The maximum atomic E-state index is 13.3. The lowest BCUT2D eigenvalue weighted by Crippen LogP contribution is -2.39. The maximum Gasteiger partial charge on any atom is 0.240 e. The summed E-state index contributed by atoms with van der Waals surface area (Å²) in [6.45, 7) is 3.94. The van der Waals surface area contributed by atoms with Gasteiger partial charge in [0.15, 0.2) is 0 Å². The number of nitrogens with zero attached hydrogens (tertiary/aromatic N) is 1. The van der Waals surface area contributed by atoms with Crippen LogP contribution in [0.5, 0.6) is 0 Å². The van der Waals surface area contributed by atoms with Crippen molar-refractivity contribution in [3.05, 3.63) is 94.5 Å². The molecule has 174 valence electrons. The summed E-state index contributed by atoms with van der Waals surface area (Å²) in [7, 11) is -3.66. The maximum absolute atomic E-state index is 13.3. The summed E-state index contributed by atoms with van der Waals surface area (Å²) in [5, 5.41) is 0. The zero-order chi connectivity index (χ0) is 23.6. The SMILES string of the molecule is CC(=O)N1c2ccc(S(=O)(=O)NCC3CC4c5ccccc5C3c3ccccc34)cc2CC1C. The third-order valence-corrected chi connectivity index (χ3v) is 9.30. The van der Waals surface area contributed by atoms with Gasteiger partial charge in [-0.2, -0.15) is 0 Å². The van der Waals surface area contributed by atoms with Gasteiger partial charge in [-0.1, -0.05) is 48.5 Å². The van der Waals surface area contributed by atoms with E-state index >= 15 is 0 Å². The normalized spacial score (nSPS) is 24.5. The van der Waals surface area contributed by atoms with E-state index in [4.69, 9.17) is 0 Å². The van der Waals surface area contributed by atoms with Crippen LogP contribution in [0.2, 0.25) is 0 Å². The summed E-state index contributed by atoms with van der Waals surface area (Å²) >= 11 is 0. The molecule has 5 nitrogen and oxygen atoms in total. The number of nitrogens with one attached hydrogen (secondary N) is 1. The number of hydrogen-bond donors (Lipinski definition) is 1. The quantitative estimate of drug-likeness (QED) is 0.605. The molecule has 1 heterocycles. The number of benzene rings is 3. The molecular formula is C28H28N2O3S. The molecule has 3 aromatic carbocycles. The highest BCUT2D eigenvalue weighted by Crippen LogP contribution is 2.55. The minimum atomic E-state index is -3.66. The zero-order valence-corrected chi connectivity index (χ0v) is 20.2. The van der Waals surface area contributed by atoms with Crippen molar-refractivity contribution in [1.82, 2.24) is 4.72 Å².